The van der Waals surface area contributed by atoms with E-state index in [9.17, 15) is 14.7 Å². The van der Waals surface area contributed by atoms with Gasteiger partial charge in [-0.25, -0.2) is 0 Å². The van der Waals surface area contributed by atoms with E-state index < -0.39 is 28.5 Å². The van der Waals surface area contributed by atoms with Gasteiger partial charge in [-0.1, -0.05) is 51.0 Å². The molecule has 1 saturated heterocycles. The van der Waals surface area contributed by atoms with Crippen molar-refractivity contribution in [1.82, 2.24) is 4.90 Å². The number of aldehydes is 1. The summed E-state index contributed by atoms with van der Waals surface area (Å²) in [4.78, 5) is 28.9. The molecule has 3 saturated carbocycles. The molecule has 1 heterocycles. The van der Waals surface area contributed by atoms with E-state index in [1.54, 1.807) is 0 Å². The summed E-state index contributed by atoms with van der Waals surface area (Å²) < 4.78 is 12.8. The smallest absolute Gasteiger partial charge is 0.315 e. The van der Waals surface area contributed by atoms with Crippen molar-refractivity contribution in [3.63, 3.8) is 0 Å². The van der Waals surface area contributed by atoms with Gasteiger partial charge in [-0.2, -0.15) is 0 Å². The lowest BCUT2D eigenvalue weighted by Gasteiger charge is -2.58. The number of carbonyl (C=O) groups excluding carboxylic acids is 1. The first-order valence-electron chi connectivity index (χ1n) is 13.6. The maximum Gasteiger partial charge on any atom is 0.315 e. The number of carbonyl (C=O) groups is 2. The molecular weight excluding hydrogens is 442 g/mol. The zero-order valence-corrected chi connectivity index (χ0v) is 22.1. The van der Waals surface area contributed by atoms with Crippen LogP contribution in [0.5, 0.6) is 0 Å². The van der Waals surface area contributed by atoms with Gasteiger partial charge in [-0.15, -0.1) is 0 Å². The van der Waals surface area contributed by atoms with E-state index in [4.69, 9.17) is 9.47 Å². The Morgan fingerprint density at radius 3 is 2.69 bits per heavy atom. The Labute approximate surface area is 210 Å². The van der Waals surface area contributed by atoms with Gasteiger partial charge in [0.15, 0.2) is 6.29 Å². The molecule has 0 radical (unpaired) electrons. The van der Waals surface area contributed by atoms with Gasteiger partial charge >= 0.3 is 5.97 Å². The van der Waals surface area contributed by atoms with E-state index in [1.807, 2.05) is 6.92 Å². The van der Waals surface area contributed by atoms with Gasteiger partial charge in [0.1, 0.15) is 11.7 Å². The number of rotatable bonds is 8. The van der Waals surface area contributed by atoms with Crippen LogP contribution in [0.2, 0.25) is 0 Å². The molecule has 0 aromatic heterocycles. The van der Waals surface area contributed by atoms with Gasteiger partial charge in [-0.05, 0) is 62.7 Å². The van der Waals surface area contributed by atoms with E-state index in [-0.39, 0.29) is 23.9 Å². The second-order valence-electron chi connectivity index (χ2n) is 12.8. The molecule has 4 bridgehead atoms. The van der Waals surface area contributed by atoms with Gasteiger partial charge in [0.25, 0.3) is 0 Å². The fourth-order valence-electron chi connectivity index (χ4n) is 9.47. The zero-order valence-electron chi connectivity index (χ0n) is 22.1. The first-order valence-corrected chi connectivity index (χ1v) is 13.6. The lowest BCUT2D eigenvalue weighted by Crippen LogP contribution is -2.64. The fourth-order valence-corrected chi connectivity index (χ4v) is 9.47. The highest BCUT2D eigenvalue weighted by atomic mass is 16.7. The molecule has 4 fully saturated rings. The van der Waals surface area contributed by atoms with Crippen LogP contribution in [-0.2, 0) is 19.1 Å². The topological polar surface area (TPSA) is 76.1 Å². The number of carboxylic acids is 1. The lowest BCUT2D eigenvalue weighted by molar-refractivity contribution is -0.235. The second-order valence-corrected chi connectivity index (χ2v) is 12.8. The van der Waals surface area contributed by atoms with Crippen molar-refractivity contribution in [2.45, 2.75) is 72.7 Å². The summed E-state index contributed by atoms with van der Waals surface area (Å²) >= 11 is 0. The predicted octanol–water partition coefficient (Wildman–Crippen LogP) is 4.55. The minimum absolute atomic E-state index is 0.0309. The molecular formula is C29H43NO5. The lowest BCUT2D eigenvalue weighted by atomic mass is 9.43. The van der Waals surface area contributed by atoms with E-state index in [0.717, 1.165) is 49.8 Å². The average Bonchev–Trinajstić information content (AvgIpc) is 3.34. The Balaban J connectivity index is 1.53. The van der Waals surface area contributed by atoms with Gasteiger partial charge < -0.3 is 19.4 Å². The summed E-state index contributed by atoms with van der Waals surface area (Å²) in [6.07, 6.45) is 6.40. The quantitative estimate of drug-likeness (QED) is 0.402. The maximum atomic E-state index is 13.5. The summed E-state index contributed by atoms with van der Waals surface area (Å²) in [7, 11) is 0. The van der Waals surface area contributed by atoms with E-state index in [2.05, 4.69) is 45.2 Å². The molecule has 1 N–H and O–H groups in total. The van der Waals surface area contributed by atoms with E-state index in [1.165, 1.54) is 0 Å². The number of fused-ring (bicyclic) bond motifs is 2. The number of aliphatic carboxylic acids is 1. The molecule has 1 unspecified atom stereocenters. The standard InChI is InChI=1S/C29H43NO5/c1-17(2)12-30-13-20(6)35-25(14-30)34-16-28-11-22-19(5)7-8-23(22)27(15-31)10-21(28)9-24(18(3)4)29(27,28)26(32)33/h9,15,18-23,25H,1,7-8,10-14,16H2,2-6H3,(H,32,33)/t19-,20?,21+,22-,23-,25-,27+,28+,29+/m1/s1. The van der Waals surface area contributed by atoms with Crippen molar-refractivity contribution in [2.75, 3.05) is 26.2 Å². The molecule has 6 nitrogen and oxygen atoms in total. The van der Waals surface area contributed by atoms with Crippen LogP contribution in [0.3, 0.4) is 0 Å². The van der Waals surface area contributed by atoms with Crippen LogP contribution in [-0.4, -0.2) is 60.9 Å². The molecule has 0 aromatic carbocycles. The molecule has 0 spiro atoms. The molecule has 5 rings (SSSR count). The van der Waals surface area contributed by atoms with E-state index >= 15 is 0 Å². The Hall–Kier alpha value is -1.50. The van der Waals surface area contributed by atoms with Crippen LogP contribution < -0.4 is 0 Å². The number of ether oxygens (including phenoxy) is 2. The van der Waals surface area contributed by atoms with Crippen molar-refractivity contribution < 1.29 is 24.2 Å². The second kappa shape index (κ2) is 8.53. The highest BCUT2D eigenvalue weighted by Gasteiger charge is 2.84. The average molecular weight is 486 g/mol. The third kappa shape index (κ3) is 3.25. The van der Waals surface area contributed by atoms with Crippen molar-refractivity contribution >= 4 is 12.3 Å². The summed E-state index contributed by atoms with van der Waals surface area (Å²) in [5.41, 5.74) is -0.588. The number of morpholine rings is 1. The molecule has 5 aliphatic rings. The Morgan fingerprint density at radius 2 is 2.06 bits per heavy atom. The van der Waals surface area contributed by atoms with Crippen LogP contribution in [0.4, 0.5) is 0 Å². The molecule has 0 aromatic rings. The first kappa shape index (κ1) is 25.2. The summed E-state index contributed by atoms with van der Waals surface area (Å²) in [6, 6.07) is 0. The third-order valence-corrected chi connectivity index (χ3v) is 10.4. The number of allylic oxidation sites excluding steroid dienone is 1. The third-order valence-electron chi connectivity index (χ3n) is 10.4. The maximum absolute atomic E-state index is 13.5. The summed E-state index contributed by atoms with van der Waals surface area (Å²) in [6.45, 7) is 17.2. The van der Waals surface area contributed by atoms with Crippen LogP contribution in [0, 0.1) is 45.8 Å². The van der Waals surface area contributed by atoms with Crippen molar-refractivity contribution in [3.05, 3.63) is 23.8 Å². The van der Waals surface area contributed by atoms with Gasteiger partial charge in [0, 0.05) is 25.0 Å². The number of carboxylic acid groups (broad SMARTS) is 1. The van der Waals surface area contributed by atoms with Gasteiger partial charge in [0.2, 0.25) is 0 Å². The highest BCUT2D eigenvalue weighted by molar-refractivity contribution is 5.90. The Bertz CT molecular complexity index is 943. The molecule has 9 atom stereocenters. The van der Waals surface area contributed by atoms with Crippen LogP contribution >= 0.6 is 0 Å². The molecule has 4 aliphatic carbocycles. The number of hydrogen-bond acceptors (Lipinski definition) is 5. The van der Waals surface area contributed by atoms with Crippen LogP contribution in [0.25, 0.3) is 0 Å². The van der Waals surface area contributed by atoms with Crippen molar-refractivity contribution in [2.24, 2.45) is 45.8 Å². The molecule has 6 heteroatoms. The monoisotopic (exact) mass is 485 g/mol. The summed E-state index contributed by atoms with van der Waals surface area (Å²) in [5, 5.41) is 11.1. The number of hydrogen-bond donors (Lipinski definition) is 1. The van der Waals surface area contributed by atoms with Gasteiger partial charge in [-0.3, -0.25) is 9.69 Å². The SMILES string of the molecule is C=C(C)CN1CC(C)O[C@@H](OC[C@@]23C[C@@H]4[C@H](C)CC[C@H]4[C@@]4(C=O)C[C@@H]2C=C(C(C)C)[C@@]34C(=O)O)C1. The van der Waals surface area contributed by atoms with Crippen LogP contribution in [0.15, 0.2) is 23.8 Å². The van der Waals surface area contributed by atoms with Crippen molar-refractivity contribution in [1.29, 1.82) is 0 Å². The highest BCUT2D eigenvalue weighted by Crippen LogP contribution is 2.82. The molecule has 0 amide bonds. The molecule has 1 aliphatic heterocycles. The van der Waals surface area contributed by atoms with Gasteiger partial charge in [0.05, 0.1) is 18.1 Å². The first-order chi connectivity index (χ1) is 16.5. The normalized spacial score (nSPS) is 46.5. The Kier molecular flexibility index (Phi) is 6.13. The zero-order chi connectivity index (χ0) is 25.3. The van der Waals surface area contributed by atoms with Crippen LogP contribution in [0.1, 0.15) is 60.3 Å². The van der Waals surface area contributed by atoms with E-state index in [0.29, 0.717) is 31.4 Å². The largest absolute Gasteiger partial charge is 0.481 e. The molecule has 194 valence electrons. The van der Waals surface area contributed by atoms with Crippen molar-refractivity contribution in [3.8, 4) is 0 Å². The summed E-state index contributed by atoms with van der Waals surface area (Å²) in [5.74, 6) is 0.305. The minimum atomic E-state index is -1.19. The number of nitrogens with zero attached hydrogens (tertiary/aromatic N) is 1. The molecule has 35 heavy (non-hydrogen) atoms. The predicted molar refractivity (Wildman–Crippen MR) is 134 cm³/mol. The minimum Gasteiger partial charge on any atom is -0.481 e. The fraction of sp³-hybridized carbons (Fsp3) is 0.793. The Morgan fingerprint density at radius 1 is 1.31 bits per heavy atom.